The van der Waals surface area contributed by atoms with Crippen molar-refractivity contribution in [3.8, 4) is 0 Å². The van der Waals surface area contributed by atoms with Gasteiger partial charge in [-0.3, -0.25) is 4.79 Å². The fourth-order valence-electron chi connectivity index (χ4n) is 1.18. The largest absolute Gasteiger partial charge is 0.286 e. The van der Waals surface area contributed by atoms with Crippen molar-refractivity contribution in [1.82, 2.24) is 0 Å². The van der Waals surface area contributed by atoms with E-state index in [1.165, 1.54) is 0 Å². The van der Waals surface area contributed by atoms with Gasteiger partial charge in [-0.15, -0.1) is 4.91 Å². The van der Waals surface area contributed by atoms with E-state index in [0.29, 0.717) is 6.42 Å². The van der Waals surface area contributed by atoms with Gasteiger partial charge in [-0.1, -0.05) is 24.3 Å². The molecule has 13 heavy (non-hydrogen) atoms. The molecule has 0 fully saturated rings. The molecule has 1 aromatic rings. The quantitative estimate of drug-likeness (QED) is 0.664. The third kappa shape index (κ3) is 2.78. The van der Waals surface area contributed by atoms with Gasteiger partial charge in [0, 0.05) is 11.6 Å². The van der Waals surface area contributed by atoms with Gasteiger partial charge in [0.25, 0.3) is 5.91 Å². The average molecular weight is 177 g/mol. The van der Waals surface area contributed by atoms with Crippen LogP contribution in [0.1, 0.15) is 17.5 Å². The van der Waals surface area contributed by atoms with Crippen LogP contribution < -0.4 is 0 Å². The topological polar surface area (TPSA) is 46.5 Å². The summed E-state index contributed by atoms with van der Waals surface area (Å²) < 4.78 is 0. The van der Waals surface area contributed by atoms with Crippen molar-refractivity contribution in [1.29, 1.82) is 0 Å². The number of aryl methyl sites for hydroxylation is 2. The lowest BCUT2D eigenvalue weighted by Crippen LogP contribution is -1.96. The van der Waals surface area contributed by atoms with E-state index < -0.39 is 5.91 Å². The van der Waals surface area contributed by atoms with Crippen LogP contribution in [0.5, 0.6) is 0 Å². The molecule has 0 atom stereocenters. The third-order valence-electron chi connectivity index (χ3n) is 1.97. The summed E-state index contributed by atoms with van der Waals surface area (Å²) in [5, 5.41) is 2.34. The molecule has 0 spiro atoms. The van der Waals surface area contributed by atoms with E-state index in [1.807, 2.05) is 31.2 Å². The first-order chi connectivity index (χ1) is 6.24. The summed E-state index contributed by atoms with van der Waals surface area (Å²) in [5.74, 6) is -0.580. The molecule has 3 heteroatoms. The van der Waals surface area contributed by atoms with E-state index in [1.54, 1.807) is 0 Å². The van der Waals surface area contributed by atoms with Crippen LogP contribution in [-0.4, -0.2) is 5.91 Å². The van der Waals surface area contributed by atoms with Gasteiger partial charge in [0.15, 0.2) is 0 Å². The number of nitroso groups, excluding NO2 is 1. The Bertz CT molecular complexity index is 320. The number of nitrogens with zero attached hydrogens (tertiary/aromatic N) is 1. The average Bonchev–Trinajstić information content (AvgIpc) is 2.16. The van der Waals surface area contributed by atoms with Crippen molar-refractivity contribution in [3.05, 3.63) is 40.3 Å². The summed E-state index contributed by atoms with van der Waals surface area (Å²) in [7, 11) is 0. The lowest BCUT2D eigenvalue weighted by atomic mass is 10.0. The number of benzene rings is 1. The summed E-state index contributed by atoms with van der Waals surface area (Å²) >= 11 is 0. The maximum Gasteiger partial charge on any atom is 0.286 e. The number of hydrogen-bond donors (Lipinski definition) is 0. The third-order valence-corrected chi connectivity index (χ3v) is 1.97. The van der Waals surface area contributed by atoms with Crippen molar-refractivity contribution in [3.63, 3.8) is 0 Å². The molecule has 1 aromatic carbocycles. The van der Waals surface area contributed by atoms with E-state index in [4.69, 9.17) is 0 Å². The molecule has 0 saturated carbocycles. The van der Waals surface area contributed by atoms with Gasteiger partial charge in [0.05, 0.1) is 0 Å². The van der Waals surface area contributed by atoms with E-state index >= 15 is 0 Å². The Hall–Kier alpha value is -1.51. The van der Waals surface area contributed by atoms with E-state index in [2.05, 4.69) is 5.18 Å². The zero-order valence-corrected chi connectivity index (χ0v) is 7.49. The fourth-order valence-corrected chi connectivity index (χ4v) is 1.18. The highest BCUT2D eigenvalue weighted by atomic mass is 16.3. The minimum Gasteiger partial charge on any atom is -0.269 e. The van der Waals surface area contributed by atoms with Crippen molar-refractivity contribution < 1.29 is 4.79 Å². The fraction of sp³-hybridized carbons (Fsp3) is 0.300. The van der Waals surface area contributed by atoms with Crippen LogP contribution in [-0.2, 0) is 11.2 Å². The summed E-state index contributed by atoms with van der Waals surface area (Å²) in [6.07, 6.45) is 0.797. The van der Waals surface area contributed by atoms with E-state index in [-0.39, 0.29) is 6.42 Å². The predicted molar refractivity (Wildman–Crippen MR) is 50.3 cm³/mol. The van der Waals surface area contributed by atoms with Gasteiger partial charge in [-0.2, -0.15) is 0 Å². The Balaban J connectivity index is 2.59. The molecule has 0 radical (unpaired) electrons. The Labute approximate surface area is 76.7 Å². The number of hydrogen-bond acceptors (Lipinski definition) is 2. The van der Waals surface area contributed by atoms with Crippen molar-refractivity contribution >= 4 is 5.91 Å². The molecule has 3 nitrogen and oxygen atoms in total. The van der Waals surface area contributed by atoms with Crippen LogP contribution in [0.25, 0.3) is 0 Å². The van der Waals surface area contributed by atoms with E-state index in [0.717, 1.165) is 11.1 Å². The minimum absolute atomic E-state index is 0.203. The first kappa shape index (κ1) is 9.58. The molecule has 0 aliphatic rings. The van der Waals surface area contributed by atoms with Crippen LogP contribution >= 0.6 is 0 Å². The first-order valence-electron chi connectivity index (χ1n) is 4.14. The maximum absolute atomic E-state index is 10.6. The molecule has 0 aromatic heterocycles. The van der Waals surface area contributed by atoms with Gasteiger partial charge >= 0.3 is 0 Å². The maximum atomic E-state index is 10.6. The van der Waals surface area contributed by atoms with Crippen LogP contribution in [0.15, 0.2) is 29.4 Å². The smallest absolute Gasteiger partial charge is 0.269 e. The molecule has 0 heterocycles. The Kier molecular flexibility index (Phi) is 3.31. The second-order valence-corrected chi connectivity index (χ2v) is 2.91. The molecular formula is C10H11NO2. The number of rotatable bonds is 3. The molecule has 0 N–H and O–H groups in total. The predicted octanol–water partition coefficient (Wildman–Crippen LogP) is 2.22. The second kappa shape index (κ2) is 4.50. The van der Waals surface area contributed by atoms with Crippen molar-refractivity contribution in [2.24, 2.45) is 5.18 Å². The standard InChI is InChI=1S/C10H11NO2/c1-8-4-2-3-5-9(8)6-7-10(12)11-13/h2-5H,6-7H2,1H3. The number of carbonyl (C=O) groups excluding carboxylic acids is 1. The number of carbonyl (C=O) groups is 1. The highest BCUT2D eigenvalue weighted by molar-refractivity contribution is 5.76. The Morgan fingerprint density at radius 2 is 2.08 bits per heavy atom. The van der Waals surface area contributed by atoms with E-state index in [9.17, 15) is 9.70 Å². The highest BCUT2D eigenvalue weighted by Gasteiger charge is 2.02. The minimum atomic E-state index is -0.580. The number of amides is 1. The van der Waals surface area contributed by atoms with Crippen molar-refractivity contribution in [2.75, 3.05) is 0 Å². The normalized spacial score (nSPS) is 9.62. The van der Waals surface area contributed by atoms with Crippen LogP contribution in [0.4, 0.5) is 0 Å². The SMILES string of the molecule is Cc1ccccc1CCC(=O)N=O. The van der Waals surface area contributed by atoms with Gasteiger partial charge in [-0.05, 0) is 24.5 Å². The van der Waals surface area contributed by atoms with Crippen LogP contribution in [0.2, 0.25) is 0 Å². The van der Waals surface area contributed by atoms with Gasteiger partial charge < -0.3 is 0 Å². The lowest BCUT2D eigenvalue weighted by Gasteiger charge is -2.01. The molecule has 0 unspecified atom stereocenters. The molecule has 0 aliphatic heterocycles. The molecule has 68 valence electrons. The molecular weight excluding hydrogens is 166 g/mol. The van der Waals surface area contributed by atoms with Gasteiger partial charge in [0.2, 0.25) is 0 Å². The Morgan fingerprint density at radius 1 is 1.38 bits per heavy atom. The summed E-state index contributed by atoms with van der Waals surface area (Å²) in [4.78, 5) is 20.4. The first-order valence-corrected chi connectivity index (χ1v) is 4.14. The van der Waals surface area contributed by atoms with Crippen molar-refractivity contribution in [2.45, 2.75) is 19.8 Å². The zero-order valence-electron chi connectivity index (χ0n) is 7.49. The molecule has 0 saturated heterocycles. The van der Waals surface area contributed by atoms with Crippen LogP contribution in [0, 0.1) is 11.8 Å². The van der Waals surface area contributed by atoms with Gasteiger partial charge in [0.1, 0.15) is 0 Å². The Morgan fingerprint density at radius 3 is 2.69 bits per heavy atom. The summed E-state index contributed by atoms with van der Waals surface area (Å²) in [6, 6.07) is 7.79. The summed E-state index contributed by atoms with van der Waals surface area (Å²) in [6.45, 7) is 1.98. The summed E-state index contributed by atoms with van der Waals surface area (Å²) in [5.41, 5.74) is 2.24. The van der Waals surface area contributed by atoms with Crippen LogP contribution in [0.3, 0.4) is 0 Å². The zero-order chi connectivity index (χ0) is 9.68. The monoisotopic (exact) mass is 177 g/mol. The lowest BCUT2D eigenvalue weighted by molar-refractivity contribution is -0.117. The molecule has 1 rings (SSSR count). The molecule has 1 amide bonds. The second-order valence-electron chi connectivity index (χ2n) is 2.91. The van der Waals surface area contributed by atoms with Gasteiger partial charge in [-0.25, -0.2) is 0 Å². The molecule has 0 aliphatic carbocycles. The molecule has 0 bridgehead atoms. The highest BCUT2D eigenvalue weighted by Crippen LogP contribution is 2.09.